The molecule has 1 fully saturated rings. The molecule has 10 nitrogen and oxygen atoms in total. The van der Waals surface area contributed by atoms with Crippen molar-refractivity contribution in [3.63, 3.8) is 0 Å². The van der Waals surface area contributed by atoms with Crippen LogP contribution in [0.4, 0.5) is 0 Å². The molecule has 0 bridgehead atoms. The quantitative estimate of drug-likeness (QED) is 0.410. The van der Waals surface area contributed by atoms with Crippen LogP contribution < -0.4 is 4.72 Å². The summed E-state index contributed by atoms with van der Waals surface area (Å²) in [5, 5.41) is 9.55. The summed E-state index contributed by atoms with van der Waals surface area (Å²) in [5.41, 5.74) is 0. The Hall–Kier alpha value is -0.340. The van der Waals surface area contributed by atoms with Crippen molar-refractivity contribution >= 4 is 20.7 Å². The highest BCUT2D eigenvalue weighted by atomic mass is 32.3. The van der Waals surface area contributed by atoms with E-state index in [4.69, 9.17) is 13.8 Å². The van der Waals surface area contributed by atoms with Gasteiger partial charge in [0.1, 0.15) is 0 Å². The standard InChI is InChI=1S/C6H13NO9S2/c8-6-1-4(2-16-18(12,13)14)15-3-5(6)7-17(9,10)11/h4-8H,1-3H2,(H,9,10,11)(H,12,13,14)/t4?,5?,6-/m0/s1. The molecule has 12 heteroatoms. The summed E-state index contributed by atoms with van der Waals surface area (Å²) >= 11 is 0. The van der Waals surface area contributed by atoms with E-state index in [2.05, 4.69) is 4.18 Å². The SMILES string of the molecule is O=S(=O)(O)NC1COC(COS(=O)(=O)O)C[C@@H]1O. The Morgan fingerprint density at radius 3 is 2.33 bits per heavy atom. The summed E-state index contributed by atoms with van der Waals surface area (Å²) in [6.45, 7) is -0.783. The molecule has 0 aromatic rings. The Labute approximate surface area is 104 Å². The second-order valence-corrected chi connectivity index (χ2v) is 5.95. The molecule has 1 aliphatic rings. The van der Waals surface area contributed by atoms with Gasteiger partial charge in [-0.15, -0.1) is 0 Å². The number of nitrogens with one attached hydrogen (secondary N) is 1. The first-order valence-electron chi connectivity index (χ1n) is 4.73. The third-order valence-corrected chi connectivity index (χ3v) is 3.22. The molecule has 108 valence electrons. The van der Waals surface area contributed by atoms with Crippen molar-refractivity contribution in [1.29, 1.82) is 0 Å². The van der Waals surface area contributed by atoms with Gasteiger partial charge in [0, 0.05) is 6.42 Å². The molecule has 0 aliphatic carbocycles. The predicted octanol–water partition coefficient (Wildman–Crippen LogP) is -2.28. The third kappa shape index (κ3) is 6.01. The summed E-state index contributed by atoms with van der Waals surface area (Å²) in [6, 6.07) is -1.04. The highest BCUT2D eigenvalue weighted by Gasteiger charge is 2.32. The van der Waals surface area contributed by atoms with Gasteiger partial charge < -0.3 is 9.84 Å². The van der Waals surface area contributed by atoms with Crippen molar-refractivity contribution < 1.29 is 40.0 Å². The molecule has 0 spiro atoms. The third-order valence-electron chi connectivity index (χ3n) is 2.18. The second kappa shape index (κ2) is 5.75. The number of hydrogen-bond acceptors (Lipinski definition) is 7. The summed E-state index contributed by atoms with van der Waals surface area (Å²) in [4.78, 5) is 0. The molecule has 1 rings (SSSR count). The van der Waals surface area contributed by atoms with E-state index >= 15 is 0 Å². The minimum atomic E-state index is -4.60. The maximum Gasteiger partial charge on any atom is 0.397 e. The number of aliphatic hydroxyl groups excluding tert-OH is 1. The van der Waals surface area contributed by atoms with E-state index in [1.807, 2.05) is 0 Å². The maximum absolute atomic E-state index is 10.5. The normalized spacial score (nSPS) is 30.3. The molecule has 1 heterocycles. The lowest BCUT2D eigenvalue weighted by atomic mass is 10.0. The lowest BCUT2D eigenvalue weighted by Gasteiger charge is -2.32. The summed E-state index contributed by atoms with van der Waals surface area (Å²) in [6.07, 6.45) is -2.13. The van der Waals surface area contributed by atoms with E-state index in [0.717, 1.165) is 0 Å². The van der Waals surface area contributed by atoms with Crippen molar-refractivity contribution in [3.05, 3.63) is 0 Å². The zero-order valence-electron chi connectivity index (χ0n) is 8.96. The highest BCUT2D eigenvalue weighted by Crippen LogP contribution is 2.16. The lowest BCUT2D eigenvalue weighted by molar-refractivity contribution is -0.0758. The van der Waals surface area contributed by atoms with Gasteiger partial charge in [-0.3, -0.25) is 9.11 Å². The number of rotatable bonds is 5. The van der Waals surface area contributed by atoms with Crippen LogP contribution in [0, 0.1) is 0 Å². The van der Waals surface area contributed by atoms with Crippen molar-refractivity contribution in [2.45, 2.75) is 24.7 Å². The van der Waals surface area contributed by atoms with E-state index in [-0.39, 0.29) is 13.0 Å². The molecule has 0 aromatic carbocycles. The number of ether oxygens (including phenoxy) is 1. The maximum atomic E-state index is 10.5. The van der Waals surface area contributed by atoms with Crippen LogP contribution in [0.1, 0.15) is 6.42 Å². The van der Waals surface area contributed by atoms with Crippen LogP contribution in [0.3, 0.4) is 0 Å². The van der Waals surface area contributed by atoms with Gasteiger partial charge in [0.2, 0.25) is 0 Å². The molecule has 0 aromatic heterocycles. The van der Waals surface area contributed by atoms with Gasteiger partial charge in [-0.25, -0.2) is 4.18 Å². The monoisotopic (exact) mass is 307 g/mol. The van der Waals surface area contributed by atoms with E-state index in [0.29, 0.717) is 0 Å². The molecular weight excluding hydrogens is 294 g/mol. The predicted molar refractivity (Wildman–Crippen MR) is 56.3 cm³/mol. The van der Waals surface area contributed by atoms with Gasteiger partial charge in [0.25, 0.3) is 0 Å². The summed E-state index contributed by atoms with van der Waals surface area (Å²) in [7, 11) is -9.06. The first kappa shape index (κ1) is 15.7. The second-order valence-electron chi connectivity index (χ2n) is 3.67. The van der Waals surface area contributed by atoms with Gasteiger partial charge in [0.15, 0.2) is 0 Å². The molecule has 0 saturated carbocycles. The Kier molecular flexibility index (Phi) is 5.02. The molecular formula is C6H13NO9S2. The molecule has 18 heavy (non-hydrogen) atoms. The van der Waals surface area contributed by atoms with Crippen LogP contribution in [-0.2, 0) is 29.6 Å². The van der Waals surface area contributed by atoms with Crippen LogP contribution in [0.5, 0.6) is 0 Å². The first-order chi connectivity index (χ1) is 8.07. The minimum absolute atomic E-state index is 0.122. The van der Waals surface area contributed by atoms with Crippen molar-refractivity contribution in [3.8, 4) is 0 Å². The molecule has 1 saturated heterocycles. The van der Waals surface area contributed by atoms with Crippen LogP contribution in [0.2, 0.25) is 0 Å². The summed E-state index contributed by atoms with van der Waals surface area (Å²) in [5.74, 6) is 0. The largest absolute Gasteiger partial charge is 0.397 e. The molecule has 0 amide bonds. The molecule has 1 aliphatic heterocycles. The topological polar surface area (TPSA) is 159 Å². The Morgan fingerprint density at radius 1 is 1.28 bits per heavy atom. The zero-order chi connectivity index (χ0) is 14.0. The fourth-order valence-electron chi connectivity index (χ4n) is 1.43. The molecule has 2 unspecified atom stereocenters. The van der Waals surface area contributed by atoms with E-state index in [9.17, 15) is 21.9 Å². The molecule has 0 radical (unpaired) electrons. The Balaban J connectivity index is 2.46. The highest BCUT2D eigenvalue weighted by molar-refractivity contribution is 7.83. The van der Waals surface area contributed by atoms with E-state index in [1.54, 1.807) is 4.72 Å². The number of hydrogen-bond donors (Lipinski definition) is 4. The lowest BCUT2D eigenvalue weighted by Crippen LogP contribution is -2.52. The van der Waals surface area contributed by atoms with Gasteiger partial charge in [0.05, 0.1) is 31.5 Å². The van der Waals surface area contributed by atoms with Crippen LogP contribution >= 0.6 is 0 Å². The van der Waals surface area contributed by atoms with Gasteiger partial charge >= 0.3 is 20.7 Å². The van der Waals surface area contributed by atoms with Crippen LogP contribution in [0.25, 0.3) is 0 Å². The minimum Gasteiger partial charge on any atom is -0.391 e. The smallest absolute Gasteiger partial charge is 0.391 e. The average Bonchev–Trinajstić information content (AvgIpc) is 2.15. The zero-order valence-corrected chi connectivity index (χ0v) is 10.6. The fraction of sp³-hybridized carbons (Fsp3) is 1.00. The van der Waals surface area contributed by atoms with Crippen molar-refractivity contribution in [2.75, 3.05) is 13.2 Å². The first-order valence-corrected chi connectivity index (χ1v) is 7.53. The van der Waals surface area contributed by atoms with Gasteiger partial charge in [-0.1, -0.05) is 0 Å². The molecule has 4 N–H and O–H groups in total. The van der Waals surface area contributed by atoms with Crippen molar-refractivity contribution in [2.24, 2.45) is 0 Å². The number of aliphatic hydroxyl groups is 1. The average molecular weight is 307 g/mol. The Bertz CT molecular complexity index is 471. The van der Waals surface area contributed by atoms with Crippen LogP contribution in [-0.4, -0.2) is 62.5 Å². The summed E-state index contributed by atoms with van der Waals surface area (Å²) < 4.78 is 69.3. The van der Waals surface area contributed by atoms with Crippen LogP contribution in [0.15, 0.2) is 0 Å². The van der Waals surface area contributed by atoms with E-state index < -0.39 is 45.6 Å². The van der Waals surface area contributed by atoms with Gasteiger partial charge in [-0.05, 0) is 0 Å². The van der Waals surface area contributed by atoms with Crippen molar-refractivity contribution in [1.82, 2.24) is 4.72 Å². The fourth-order valence-corrected chi connectivity index (χ4v) is 2.37. The van der Waals surface area contributed by atoms with Gasteiger partial charge in [-0.2, -0.15) is 21.6 Å². The molecule has 3 atom stereocenters. The Morgan fingerprint density at radius 2 is 1.89 bits per heavy atom. The van der Waals surface area contributed by atoms with E-state index in [1.165, 1.54) is 0 Å².